The van der Waals surface area contributed by atoms with Crippen LogP contribution in [0.3, 0.4) is 0 Å². The number of anilines is 4. The number of nitrogen functional groups attached to an aromatic ring is 2. The minimum atomic E-state index is -4.47. The van der Waals surface area contributed by atoms with Crippen LogP contribution in [0.4, 0.5) is 54.1 Å². The maximum Gasteiger partial charge on any atom is 0.416 e. The lowest BCUT2D eigenvalue weighted by Crippen LogP contribution is -2.08. The number of hydrogen-bond donors (Lipinski definition) is 3. The fourth-order valence-electron chi connectivity index (χ4n) is 4.93. The minimum absolute atomic E-state index is 0.0272. The molecule has 260 valence electrons. The molecule has 0 bridgehead atoms. The van der Waals surface area contributed by atoms with Crippen LogP contribution in [0.2, 0.25) is 0 Å². The molecule has 5 N–H and O–H groups in total. The van der Waals surface area contributed by atoms with Gasteiger partial charge in [0, 0.05) is 41.6 Å². The molecule has 1 aliphatic carbocycles. The first-order valence-corrected chi connectivity index (χ1v) is 14.8. The van der Waals surface area contributed by atoms with Gasteiger partial charge in [0.05, 0.1) is 16.6 Å². The second-order valence-corrected chi connectivity index (χ2v) is 11.0. The van der Waals surface area contributed by atoms with Crippen molar-refractivity contribution in [3.63, 3.8) is 0 Å². The number of nitrogens with zero attached hydrogens (tertiary/aromatic N) is 7. The summed E-state index contributed by atoms with van der Waals surface area (Å²) in [4.78, 5) is 20.5. The number of alkyl halides is 5. The van der Waals surface area contributed by atoms with Gasteiger partial charge >= 0.3 is 12.8 Å². The molecule has 0 aliphatic heterocycles. The predicted molar refractivity (Wildman–Crippen MR) is 171 cm³/mol. The molecule has 3 aromatic carbocycles. The van der Waals surface area contributed by atoms with Crippen LogP contribution in [-0.2, 0) is 6.18 Å². The Kier molecular flexibility index (Phi) is 9.28. The summed E-state index contributed by atoms with van der Waals surface area (Å²) in [6.07, 6.45) is -1.30. The molecule has 1 fully saturated rings. The van der Waals surface area contributed by atoms with Crippen molar-refractivity contribution < 1.29 is 35.5 Å². The number of fused-ring (bicyclic) bond motifs is 1. The zero-order chi connectivity index (χ0) is 36.4. The number of nitriles is 1. The molecular weight excluding hydrogens is 685 g/mol. The van der Waals surface area contributed by atoms with E-state index in [9.17, 15) is 36.0 Å². The Hall–Kier alpha value is -6.51. The Morgan fingerprint density at radius 1 is 0.902 bits per heavy atom. The van der Waals surface area contributed by atoms with Crippen molar-refractivity contribution in [3.8, 4) is 28.8 Å². The Balaban J connectivity index is 0.000000211. The maximum atomic E-state index is 14.0. The van der Waals surface area contributed by atoms with Gasteiger partial charge in [-0.05, 0) is 54.8 Å². The molecule has 1 saturated carbocycles. The van der Waals surface area contributed by atoms with Gasteiger partial charge < -0.3 is 21.5 Å². The standard InChI is InChI=1S/C22H13F5N6.C11H10F2N4O/c23-15-8-17-18(9-16(15)24)33(20(31-17)11-1-2-11)19-7-14(10-28)30-21(32-19)29-13-5-3-12(4-6-13)22(25,26)27;12-10(13)18-7-3-1-6(2-4-7)8-5-16-11(15)17-9(8)14/h3-9,11H,1-2H2,(H,29,30,32);1-5,10H,(H4,14,15,16,17). The van der Waals surface area contributed by atoms with Crippen LogP contribution < -0.4 is 21.5 Å². The first kappa shape index (κ1) is 34.4. The molecule has 3 heterocycles. The third-order valence-corrected chi connectivity index (χ3v) is 7.42. The number of ether oxygens (including phenoxy) is 1. The molecule has 0 spiro atoms. The first-order valence-electron chi connectivity index (χ1n) is 14.8. The van der Waals surface area contributed by atoms with Crippen LogP contribution in [0.15, 0.2) is 72.9 Å². The Morgan fingerprint density at radius 3 is 2.20 bits per heavy atom. The van der Waals surface area contributed by atoms with E-state index in [1.807, 2.05) is 6.07 Å². The number of benzene rings is 3. The lowest BCUT2D eigenvalue weighted by Gasteiger charge is -2.12. The average Bonchev–Trinajstić information content (AvgIpc) is 3.86. The normalized spacial score (nSPS) is 12.7. The van der Waals surface area contributed by atoms with Gasteiger partial charge in [-0.1, -0.05) is 12.1 Å². The molecule has 7 rings (SSSR count). The van der Waals surface area contributed by atoms with Gasteiger partial charge in [0.1, 0.15) is 35.0 Å². The van der Waals surface area contributed by atoms with Crippen molar-refractivity contribution in [2.45, 2.75) is 31.5 Å². The summed E-state index contributed by atoms with van der Waals surface area (Å²) < 4.78 is 95.9. The molecule has 18 heteroatoms. The zero-order valence-electron chi connectivity index (χ0n) is 25.8. The molecule has 6 aromatic rings. The van der Waals surface area contributed by atoms with Crippen LogP contribution >= 0.6 is 0 Å². The van der Waals surface area contributed by atoms with E-state index in [0.717, 1.165) is 37.1 Å². The van der Waals surface area contributed by atoms with E-state index in [1.54, 1.807) is 16.7 Å². The summed E-state index contributed by atoms with van der Waals surface area (Å²) in [5, 5.41) is 12.2. The number of halogens is 7. The van der Waals surface area contributed by atoms with Gasteiger partial charge in [-0.25, -0.2) is 23.7 Å². The highest BCUT2D eigenvalue weighted by molar-refractivity contribution is 5.79. The highest BCUT2D eigenvalue weighted by Crippen LogP contribution is 2.42. The summed E-state index contributed by atoms with van der Waals surface area (Å²) in [6.45, 7) is -2.85. The molecule has 0 amide bonds. The van der Waals surface area contributed by atoms with E-state index in [0.29, 0.717) is 17.0 Å². The third kappa shape index (κ3) is 7.88. The summed E-state index contributed by atoms with van der Waals surface area (Å²) in [6, 6.07) is 15.5. The first-order chi connectivity index (χ1) is 24.3. The fourth-order valence-corrected chi connectivity index (χ4v) is 4.93. The molecule has 51 heavy (non-hydrogen) atoms. The quantitative estimate of drug-likeness (QED) is 0.141. The van der Waals surface area contributed by atoms with Gasteiger partial charge in [0.2, 0.25) is 11.9 Å². The van der Waals surface area contributed by atoms with Crippen molar-refractivity contribution in [2.24, 2.45) is 0 Å². The number of imidazole rings is 1. The summed E-state index contributed by atoms with van der Waals surface area (Å²) in [5.74, 6) is -0.916. The SMILES string of the molecule is N#Cc1cc(-n2c(C3CC3)nc3cc(F)c(F)cc32)nc(Nc2ccc(C(F)(F)F)cc2)n1.Nc1ncc(-c2ccc(OC(F)F)cc2)c(N)n1. The molecule has 1 aliphatic rings. The van der Waals surface area contributed by atoms with Crippen LogP contribution in [0, 0.1) is 23.0 Å². The lowest BCUT2D eigenvalue weighted by atomic mass is 10.1. The number of aromatic nitrogens is 6. The summed E-state index contributed by atoms with van der Waals surface area (Å²) in [7, 11) is 0. The number of nitrogens with two attached hydrogens (primary N) is 2. The van der Waals surface area contributed by atoms with E-state index < -0.39 is 30.0 Å². The topological polar surface area (TPSA) is 166 Å². The van der Waals surface area contributed by atoms with Gasteiger partial charge in [-0.15, -0.1) is 0 Å². The van der Waals surface area contributed by atoms with Crippen LogP contribution in [0.5, 0.6) is 5.75 Å². The van der Waals surface area contributed by atoms with Crippen molar-refractivity contribution in [3.05, 3.63) is 102 Å². The highest BCUT2D eigenvalue weighted by Gasteiger charge is 2.32. The largest absolute Gasteiger partial charge is 0.435 e. The third-order valence-electron chi connectivity index (χ3n) is 7.42. The van der Waals surface area contributed by atoms with Gasteiger partial charge in [-0.2, -0.15) is 37.2 Å². The number of nitrogens with one attached hydrogen (secondary N) is 1. The lowest BCUT2D eigenvalue weighted by molar-refractivity contribution is -0.137. The van der Waals surface area contributed by atoms with Crippen LogP contribution in [-0.4, -0.2) is 36.1 Å². The van der Waals surface area contributed by atoms with E-state index in [1.165, 1.54) is 36.5 Å². The molecule has 0 saturated heterocycles. The minimum Gasteiger partial charge on any atom is -0.435 e. The molecule has 0 radical (unpaired) electrons. The number of rotatable bonds is 7. The average molecular weight is 709 g/mol. The number of hydrogen-bond acceptors (Lipinski definition) is 10. The van der Waals surface area contributed by atoms with Crippen LogP contribution in [0.25, 0.3) is 28.0 Å². The summed E-state index contributed by atoms with van der Waals surface area (Å²) >= 11 is 0. The van der Waals surface area contributed by atoms with Gasteiger partial charge in [0.15, 0.2) is 11.6 Å². The Labute approximate surface area is 283 Å². The Morgan fingerprint density at radius 2 is 1.59 bits per heavy atom. The van der Waals surface area contributed by atoms with E-state index in [-0.39, 0.29) is 57.6 Å². The molecule has 0 unspecified atom stereocenters. The second kappa shape index (κ2) is 13.8. The van der Waals surface area contributed by atoms with Crippen molar-refractivity contribution in [1.29, 1.82) is 5.26 Å². The van der Waals surface area contributed by atoms with Crippen molar-refractivity contribution >= 4 is 34.4 Å². The van der Waals surface area contributed by atoms with E-state index in [4.69, 9.17) is 11.5 Å². The van der Waals surface area contributed by atoms with E-state index in [2.05, 4.69) is 35.0 Å². The van der Waals surface area contributed by atoms with Gasteiger partial charge in [-0.3, -0.25) is 4.57 Å². The van der Waals surface area contributed by atoms with Crippen molar-refractivity contribution in [1.82, 2.24) is 29.5 Å². The monoisotopic (exact) mass is 708 g/mol. The highest BCUT2D eigenvalue weighted by atomic mass is 19.4. The fraction of sp³-hybridized carbons (Fsp3) is 0.152. The predicted octanol–water partition coefficient (Wildman–Crippen LogP) is 7.51. The summed E-state index contributed by atoms with van der Waals surface area (Å²) in [5.41, 5.74) is 12.3. The molecule has 0 atom stereocenters. The van der Waals surface area contributed by atoms with Crippen molar-refractivity contribution in [2.75, 3.05) is 16.8 Å². The molecule has 11 nitrogen and oxygen atoms in total. The van der Waals surface area contributed by atoms with Crippen LogP contribution in [0.1, 0.15) is 35.8 Å². The maximum absolute atomic E-state index is 14.0. The second-order valence-electron chi connectivity index (χ2n) is 11.0. The molecular formula is C33H23F7N10O. The smallest absolute Gasteiger partial charge is 0.416 e. The Bertz CT molecular complexity index is 2250. The van der Waals surface area contributed by atoms with E-state index >= 15 is 0 Å². The molecule has 3 aromatic heterocycles. The zero-order valence-corrected chi connectivity index (χ0v) is 25.8. The van der Waals surface area contributed by atoms with Gasteiger partial charge in [0.25, 0.3) is 0 Å².